The molecule has 1 heterocycles. The highest BCUT2D eigenvalue weighted by atomic mass is 35.5. The van der Waals surface area contributed by atoms with Gasteiger partial charge in [0.15, 0.2) is 0 Å². The minimum Gasteiger partial charge on any atom is -0.444 e. The second-order valence-electron chi connectivity index (χ2n) is 3.82. The van der Waals surface area contributed by atoms with Crippen LogP contribution in [0.1, 0.15) is 11.3 Å². The Bertz CT molecular complexity index is 575. The second-order valence-corrected chi connectivity index (χ2v) is 4.16. The standard InChI is InChI=1S/C13H12ClN3O2/c1-9-11(7-15-12(14)16-9)17-13(18)19-8-10-5-3-2-4-6-10/h2-7H,8H2,1H3,(H,17,18). The molecule has 5 nitrogen and oxygen atoms in total. The van der Waals surface area contributed by atoms with Crippen molar-refractivity contribution in [1.29, 1.82) is 0 Å². The highest BCUT2D eigenvalue weighted by molar-refractivity contribution is 6.28. The van der Waals surface area contributed by atoms with Crippen LogP contribution in [0.25, 0.3) is 0 Å². The lowest BCUT2D eigenvalue weighted by molar-refractivity contribution is 0.155. The summed E-state index contributed by atoms with van der Waals surface area (Å²) in [5.41, 5.74) is 1.97. The molecule has 0 fully saturated rings. The largest absolute Gasteiger partial charge is 0.444 e. The number of anilines is 1. The molecule has 1 aromatic heterocycles. The third-order valence-corrected chi connectivity index (χ3v) is 2.58. The average molecular weight is 278 g/mol. The summed E-state index contributed by atoms with van der Waals surface area (Å²) < 4.78 is 5.08. The fraction of sp³-hybridized carbons (Fsp3) is 0.154. The van der Waals surface area contributed by atoms with Crippen LogP contribution in [0.15, 0.2) is 36.5 Å². The number of nitrogens with one attached hydrogen (secondary N) is 1. The number of carbonyl (C=O) groups is 1. The number of benzene rings is 1. The van der Waals surface area contributed by atoms with Crippen LogP contribution < -0.4 is 5.32 Å². The van der Waals surface area contributed by atoms with Gasteiger partial charge < -0.3 is 4.74 Å². The molecule has 1 amide bonds. The van der Waals surface area contributed by atoms with E-state index in [0.29, 0.717) is 11.4 Å². The van der Waals surface area contributed by atoms with Gasteiger partial charge in [-0.05, 0) is 24.1 Å². The van der Waals surface area contributed by atoms with Crippen molar-refractivity contribution in [2.45, 2.75) is 13.5 Å². The number of carbonyl (C=O) groups excluding carboxylic acids is 1. The van der Waals surface area contributed by atoms with E-state index in [4.69, 9.17) is 16.3 Å². The van der Waals surface area contributed by atoms with Gasteiger partial charge in [0.25, 0.3) is 0 Å². The molecular formula is C13H12ClN3O2. The van der Waals surface area contributed by atoms with Crippen LogP contribution in [-0.4, -0.2) is 16.1 Å². The topological polar surface area (TPSA) is 64.1 Å². The van der Waals surface area contributed by atoms with Gasteiger partial charge in [-0.15, -0.1) is 0 Å². The highest BCUT2D eigenvalue weighted by Gasteiger charge is 2.07. The summed E-state index contributed by atoms with van der Waals surface area (Å²) in [6.07, 6.45) is 0.881. The fourth-order valence-electron chi connectivity index (χ4n) is 1.43. The third kappa shape index (κ3) is 3.93. The number of hydrogen-bond acceptors (Lipinski definition) is 4. The maximum Gasteiger partial charge on any atom is 0.412 e. The van der Waals surface area contributed by atoms with Crippen LogP contribution in [-0.2, 0) is 11.3 Å². The summed E-state index contributed by atoms with van der Waals surface area (Å²) in [6, 6.07) is 9.42. The molecule has 0 aliphatic carbocycles. The van der Waals surface area contributed by atoms with Gasteiger partial charge in [-0.1, -0.05) is 30.3 Å². The molecule has 19 heavy (non-hydrogen) atoms. The Morgan fingerprint density at radius 3 is 2.79 bits per heavy atom. The SMILES string of the molecule is Cc1nc(Cl)ncc1NC(=O)OCc1ccccc1. The Morgan fingerprint density at radius 1 is 1.37 bits per heavy atom. The molecule has 0 radical (unpaired) electrons. The number of halogens is 1. The van der Waals surface area contributed by atoms with Gasteiger partial charge in [0, 0.05) is 0 Å². The van der Waals surface area contributed by atoms with Crippen molar-refractivity contribution in [2.24, 2.45) is 0 Å². The number of rotatable bonds is 3. The van der Waals surface area contributed by atoms with Crippen LogP contribution in [0.5, 0.6) is 0 Å². The van der Waals surface area contributed by atoms with Crippen molar-refractivity contribution in [3.63, 3.8) is 0 Å². The number of aromatic nitrogens is 2. The van der Waals surface area contributed by atoms with E-state index >= 15 is 0 Å². The molecule has 6 heteroatoms. The van der Waals surface area contributed by atoms with Gasteiger partial charge in [-0.3, -0.25) is 5.32 Å². The van der Waals surface area contributed by atoms with Crippen LogP contribution in [0.3, 0.4) is 0 Å². The van der Waals surface area contributed by atoms with Crippen LogP contribution >= 0.6 is 11.6 Å². The maximum absolute atomic E-state index is 11.6. The van der Waals surface area contributed by atoms with E-state index in [2.05, 4.69) is 15.3 Å². The summed E-state index contributed by atoms with van der Waals surface area (Å²) in [6.45, 7) is 1.93. The second kappa shape index (κ2) is 6.15. The molecule has 0 atom stereocenters. The first-order chi connectivity index (χ1) is 9.15. The smallest absolute Gasteiger partial charge is 0.412 e. The quantitative estimate of drug-likeness (QED) is 0.875. The Balaban J connectivity index is 1.91. The van der Waals surface area contributed by atoms with E-state index in [-0.39, 0.29) is 11.9 Å². The van der Waals surface area contributed by atoms with E-state index in [1.54, 1.807) is 6.92 Å². The number of nitrogens with zero attached hydrogens (tertiary/aromatic N) is 2. The maximum atomic E-state index is 11.6. The van der Waals surface area contributed by atoms with Gasteiger partial charge in [0.2, 0.25) is 5.28 Å². The zero-order chi connectivity index (χ0) is 13.7. The van der Waals surface area contributed by atoms with Crippen molar-refractivity contribution >= 4 is 23.4 Å². The molecule has 0 unspecified atom stereocenters. The minimum absolute atomic E-state index is 0.140. The molecule has 0 saturated carbocycles. The summed E-state index contributed by atoms with van der Waals surface area (Å²) in [5, 5.41) is 2.70. The van der Waals surface area contributed by atoms with E-state index < -0.39 is 6.09 Å². The van der Waals surface area contributed by atoms with Gasteiger partial charge in [0.1, 0.15) is 6.61 Å². The van der Waals surface area contributed by atoms with Gasteiger partial charge >= 0.3 is 6.09 Å². The highest BCUT2D eigenvalue weighted by Crippen LogP contribution is 2.13. The first-order valence-corrected chi connectivity index (χ1v) is 6.00. The lowest BCUT2D eigenvalue weighted by atomic mass is 10.2. The van der Waals surface area contributed by atoms with Crippen molar-refractivity contribution in [3.8, 4) is 0 Å². The number of hydrogen-bond donors (Lipinski definition) is 1. The number of amides is 1. The molecule has 0 bridgehead atoms. The Hall–Kier alpha value is -2.14. The Morgan fingerprint density at radius 2 is 2.11 bits per heavy atom. The number of aryl methyl sites for hydroxylation is 1. The fourth-order valence-corrected chi connectivity index (χ4v) is 1.61. The zero-order valence-corrected chi connectivity index (χ0v) is 11.0. The molecule has 2 aromatic rings. The molecule has 2 rings (SSSR count). The van der Waals surface area contributed by atoms with Crippen LogP contribution in [0.4, 0.5) is 10.5 Å². The zero-order valence-electron chi connectivity index (χ0n) is 10.3. The summed E-state index contributed by atoms with van der Waals surface area (Å²) in [5.74, 6) is 0. The Kier molecular flexibility index (Phi) is 4.30. The van der Waals surface area contributed by atoms with Crippen LogP contribution in [0.2, 0.25) is 5.28 Å². The van der Waals surface area contributed by atoms with Crippen molar-refractivity contribution in [1.82, 2.24) is 9.97 Å². The molecule has 1 aromatic carbocycles. The lowest BCUT2D eigenvalue weighted by Crippen LogP contribution is -2.15. The number of ether oxygens (including phenoxy) is 1. The molecular weight excluding hydrogens is 266 g/mol. The molecule has 0 aliphatic heterocycles. The van der Waals surface area contributed by atoms with Gasteiger partial charge in [0.05, 0.1) is 17.6 Å². The molecule has 1 N–H and O–H groups in total. The van der Waals surface area contributed by atoms with Crippen molar-refractivity contribution < 1.29 is 9.53 Å². The monoisotopic (exact) mass is 277 g/mol. The van der Waals surface area contributed by atoms with Crippen LogP contribution in [0, 0.1) is 6.92 Å². The summed E-state index contributed by atoms with van der Waals surface area (Å²) in [7, 11) is 0. The van der Waals surface area contributed by atoms with Crippen molar-refractivity contribution in [2.75, 3.05) is 5.32 Å². The van der Waals surface area contributed by atoms with E-state index in [0.717, 1.165) is 5.56 Å². The first kappa shape index (κ1) is 13.3. The molecule has 0 saturated heterocycles. The third-order valence-electron chi connectivity index (χ3n) is 2.40. The van der Waals surface area contributed by atoms with E-state index in [9.17, 15) is 4.79 Å². The summed E-state index contributed by atoms with van der Waals surface area (Å²) in [4.78, 5) is 19.3. The summed E-state index contributed by atoms with van der Waals surface area (Å²) >= 11 is 5.63. The first-order valence-electron chi connectivity index (χ1n) is 5.62. The minimum atomic E-state index is -0.558. The lowest BCUT2D eigenvalue weighted by Gasteiger charge is -2.08. The van der Waals surface area contributed by atoms with Crippen molar-refractivity contribution in [3.05, 3.63) is 53.1 Å². The van der Waals surface area contributed by atoms with Gasteiger partial charge in [-0.2, -0.15) is 0 Å². The van der Waals surface area contributed by atoms with E-state index in [1.165, 1.54) is 6.20 Å². The van der Waals surface area contributed by atoms with E-state index in [1.807, 2.05) is 30.3 Å². The molecule has 0 aliphatic rings. The predicted molar refractivity (Wildman–Crippen MR) is 72.0 cm³/mol. The normalized spacial score (nSPS) is 10.0. The van der Waals surface area contributed by atoms with Gasteiger partial charge in [-0.25, -0.2) is 14.8 Å². The average Bonchev–Trinajstić information content (AvgIpc) is 2.41. The molecule has 98 valence electrons. The Labute approximate surface area is 115 Å². The predicted octanol–water partition coefficient (Wildman–Crippen LogP) is 3.19. The molecule has 0 spiro atoms.